The summed E-state index contributed by atoms with van der Waals surface area (Å²) in [7, 11) is 0. The zero-order valence-electron chi connectivity index (χ0n) is 10.7. The Morgan fingerprint density at radius 2 is 2.00 bits per heavy atom. The van der Waals surface area contributed by atoms with Gasteiger partial charge in [-0.05, 0) is 44.5 Å². The van der Waals surface area contributed by atoms with Gasteiger partial charge in [0.25, 0.3) is 0 Å². The second-order valence-corrected chi connectivity index (χ2v) is 4.16. The first kappa shape index (κ1) is 14.4. The Morgan fingerprint density at radius 1 is 1.33 bits per heavy atom. The van der Waals surface area contributed by atoms with Gasteiger partial charge < -0.3 is 15.4 Å². The van der Waals surface area contributed by atoms with E-state index in [2.05, 4.69) is 10.6 Å². The molecule has 0 aliphatic carbocycles. The second-order valence-electron chi connectivity index (χ2n) is 4.16. The van der Waals surface area contributed by atoms with Gasteiger partial charge in [0.15, 0.2) is 0 Å². The minimum Gasteiger partial charge on any atom is -0.379 e. The van der Waals surface area contributed by atoms with Gasteiger partial charge in [-0.25, -0.2) is 9.18 Å². The van der Waals surface area contributed by atoms with Crippen LogP contribution in [0, 0.1) is 5.82 Å². The molecule has 1 rings (SSSR count). The number of carbonyl (C=O) groups is 1. The summed E-state index contributed by atoms with van der Waals surface area (Å²) in [6.45, 7) is 5.09. The van der Waals surface area contributed by atoms with Crippen LogP contribution in [-0.2, 0) is 4.74 Å². The quantitative estimate of drug-likeness (QED) is 0.767. The van der Waals surface area contributed by atoms with E-state index in [-0.39, 0.29) is 18.0 Å². The summed E-state index contributed by atoms with van der Waals surface area (Å²) < 4.78 is 18.0. The first-order valence-electron chi connectivity index (χ1n) is 6.00. The lowest BCUT2D eigenvalue weighted by atomic mass is 10.3. The number of ether oxygens (including phenoxy) is 1. The van der Waals surface area contributed by atoms with Gasteiger partial charge in [0.05, 0.1) is 6.10 Å². The van der Waals surface area contributed by atoms with Crippen molar-refractivity contribution in [2.45, 2.75) is 26.4 Å². The second kappa shape index (κ2) is 7.66. The van der Waals surface area contributed by atoms with E-state index in [0.29, 0.717) is 18.8 Å². The lowest BCUT2D eigenvalue weighted by Gasteiger charge is -2.09. The van der Waals surface area contributed by atoms with E-state index in [9.17, 15) is 9.18 Å². The predicted molar refractivity (Wildman–Crippen MR) is 69.1 cm³/mol. The lowest BCUT2D eigenvalue weighted by Crippen LogP contribution is -2.30. The molecule has 18 heavy (non-hydrogen) atoms. The molecule has 0 aliphatic rings. The molecule has 0 atom stereocenters. The molecule has 0 saturated heterocycles. The molecule has 2 N–H and O–H groups in total. The summed E-state index contributed by atoms with van der Waals surface area (Å²) in [6.07, 6.45) is 0.965. The smallest absolute Gasteiger partial charge is 0.319 e. The number of benzene rings is 1. The van der Waals surface area contributed by atoms with Crippen LogP contribution in [0.2, 0.25) is 0 Å². The van der Waals surface area contributed by atoms with Gasteiger partial charge in [0.1, 0.15) is 5.82 Å². The highest BCUT2D eigenvalue weighted by atomic mass is 19.1. The molecular weight excluding hydrogens is 235 g/mol. The van der Waals surface area contributed by atoms with Crippen molar-refractivity contribution in [2.75, 3.05) is 18.5 Å². The Morgan fingerprint density at radius 3 is 2.61 bits per heavy atom. The normalized spacial score (nSPS) is 10.4. The van der Waals surface area contributed by atoms with Crippen LogP contribution in [-0.4, -0.2) is 25.3 Å². The fourth-order valence-electron chi connectivity index (χ4n) is 1.30. The molecule has 0 aromatic heterocycles. The number of hydrogen-bond donors (Lipinski definition) is 2. The molecule has 0 bridgehead atoms. The number of halogens is 1. The van der Waals surface area contributed by atoms with Crippen molar-refractivity contribution < 1.29 is 13.9 Å². The van der Waals surface area contributed by atoms with Gasteiger partial charge in [0.2, 0.25) is 0 Å². The van der Waals surface area contributed by atoms with E-state index in [0.717, 1.165) is 6.42 Å². The number of carbonyl (C=O) groups excluding carboxylic acids is 1. The average molecular weight is 254 g/mol. The average Bonchev–Trinajstić information content (AvgIpc) is 2.31. The van der Waals surface area contributed by atoms with Crippen molar-refractivity contribution in [3.05, 3.63) is 30.1 Å². The van der Waals surface area contributed by atoms with E-state index < -0.39 is 0 Å². The maximum absolute atomic E-state index is 12.6. The van der Waals surface area contributed by atoms with Crippen LogP contribution in [0.1, 0.15) is 20.3 Å². The standard InChI is InChI=1S/C13H19FN2O2/c1-10(2)18-9-3-8-15-13(17)16-12-6-4-11(14)5-7-12/h4-7,10H,3,8-9H2,1-2H3,(H2,15,16,17). The molecule has 0 aliphatic heterocycles. The first-order chi connectivity index (χ1) is 8.58. The molecule has 1 aromatic rings. The molecule has 2 amide bonds. The first-order valence-corrected chi connectivity index (χ1v) is 6.00. The highest BCUT2D eigenvalue weighted by Gasteiger charge is 2.01. The minimum absolute atomic E-state index is 0.207. The molecule has 5 heteroatoms. The molecule has 1 aromatic carbocycles. The molecule has 0 unspecified atom stereocenters. The molecule has 0 spiro atoms. The fourth-order valence-corrected chi connectivity index (χ4v) is 1.30. The summed E-state index contributed by atoms with van der Waals surface area (Å²) in [5.74, 6) is -0.327. The van der Waals surface area contributed by atoms with Crippen molar-refractivity contribution in [3.8, 4) is 0 Å². The molecule has 0 heterocycles. The predicted octanol–water partition coefficient (Wildman–Crippen LogP) is 2.76. The van der Waals surface area contributed by atoms with E-state index in [1.165, 1.54) is 24.3 Å². The zero-order valence-corrected chi connectivity index (χ0v) is 10.7. The fraction of sp³-hybridized carbons (Fsp3) is 0.462. The van der Waals surface area contributed by atoms with Crippen LogP contribution in [0.25, 0.3) is 0 Å². The van der Waals surface area contributed by atoms with Crippen molar-refractivity contribution in [2.24, 2.45) is 0 Å². The Hall–Kier alpha value is -1.62. The van der Waals surface area contributed by atoms with Crippen molar-refractivity contribution in [1.29, 1.82) is 0 Å². The van der Waals surface area contributed by atoms with Gasteiger partial charge in [-0.1, -0.05) is 0 Å². The number of urea groups is 1. The van der Waals surface area contributed by atoms with Gasteiger partial charge in [0, 0.05) is 18.8 Å². The highest BCUT2D eigenvalue weighted by molar-refractivity contribution is 5.89. The van der Waals surface area contributed by atoms with Gasteiger partial charge in [-0.15, -0.1) is 0 Å². The molecule has 0 radical (unpaired) electrons. The van der Waals surface area contributed by atoms with Crippen LogP contribution in [0.5, 0.6) is 0 Å². The summed E-state index contributed by atoms with van der Waals surface area (Å²) in [5, 5.41) is 5.31. The monoisotopic (exact) mass is 254 g/mol. The van der Waals surface area contributed by atoms with E-state index >= 15 is 0 Å². The van der Waals surface area contributed by atoms with E-state index in [4.69, 9.17) is 4.74 Å². The topological polar surface area (TPSA) is 50.4 Å². The van der Waals surface area contributed by atoms with Crippen LogP contribution in [0.4, 0.5) is 14.9 Å². The summed E-state index contributed by atoms with van der Waals surface area (Å²) >= 11 is 0. The van der Waals surface area contributed by atoms with Crippen LogP contribution in [0.15, 0.2) is 24.3 Å². The molecular formula is C13H19FN2O2. The maximum Gasteiger partial charge on any atom is 0.319 e. The number of nitrogens with one attached hydrogen (secondary N) is 2. The van der Waals surface area contributed by atoms with Crippen LogP contribution < -0.4 is 10.6 Å². The number of anilines is 1. The maximum atomic E-state index is 12.6. The number of rotatable bonds is 6. The Balaban J connectivity index is 2.16. The van der Waals surface area contributed by atoms with Gasteiger partial charge in [-0.3, -0.25) is 0 Å². The van der Waals surface area contributed by atoms with Crippen LogP contribution >= 0.6 is 0 Å². The highest BCUT2D eigenvalue weighted by Crippen LogP contribution is 2.07. The zero-order chi connectivity index (χ0) is 13.4. The minimum atomic E-state index is -0.327. The largest absolute Gasteiger partial charge is 0.379 e. The third kappa shape index (κ3) is 6.20. The van der Waals surface area contributed by atoms with Crippen molar-refractivity contribution in [3.63, 3.8) is 0 Å². The van der Waals surface area contributed by atoms with Crippen molar-refractivity contribution >= 4 is 11.7 Å². The summed E-state index contributed by atoms with van der Waals surface area (Å²) in [5.41, 5.74) is 0.562. The molecule has 4 nitrogen and oxygen atoms in total. The Kier molecular flexibility index (Phi) is 6.14. The van der Waals surface area contributed by atoms with E-state index in [1.54, 1.807) is 0 Å². The third-order valence-corrected chi connectivity index (χ3v) is 2.16. The van der Waals surface area contributed by atoms with Crippen molar-refractivity contribution in [1.82, 2.24) is 5.32 Å². The third-order valence-electron chi connectivity index (χ3n) is 2.16. The van der Waals surface area contributed by atoms with Crippen LogP contribution in [0.3, 0.4) is 0 Å². The lowest BCUT2D eigenvalue weighted by molar-refractivity contribution is 0.0775. The molecule has 0 fully saturated rings. The SMILES string of the molecule is CC(C)OCCCNC(=O)Nc1ccc(F)cc1. The molecule has 100 valence electrons. The van der Waals surface area contributed by atoms with Gasteiger partial charge in [-0.2, -0.15) is 0 Å². The Labute approximate surface area is 107 Å². The summed E-state index contributed by atoms with van der Waals surface area (Å²) in [6, 6.07) is 5.32. The van der Waals surface area contributed by atoms with Gasteiger partial charge >= 0.3 is 6.03 Å². The van der Waals surface area contributed by atoms with E-state index in [1.807, 2.05) is 13.8 Å². The Bertz CT molecular complexity index is 366. The molecule has 0 saturated carbocycles. The number of amides is 2. The number of hydrogen-bond acceptors (Lipinski definition) is 2. The summed E-state index contributed by atoms with van der Waals surface area (Å²) in [4.78, 5) is 11.4.